The summed E-state index contributed by atoms with van der Waals surface area (Å²) < 4.78 is 24.7. The summed E-state index contributed by atoms with van der Waals surface area (Å²) in [6.07, 6.45) is 0.570. The molecule has 3 aromatic carbocycles. The number of nitrogens with one attached hydrogen (secondary N) is 2. The molecule has 1 saturated heterocycles. The minimum atomic E-state index is -0.402. The Bertz CT molecular complexity index is 1280. The van der Waals surface area contributed by atoms with Gasteiger partial charge in [-0.3, -0.25) is 4.79 Å². The lowest BCUT2D eigenvalue weighted by Gasteiger charge is -2.37. The SMILES string of the molecule is Cc1cc(C2CC(C(=O)NCc3ccc4c(c3)OCO4)CN(C(=O)NCc3ccccc3)C2)ccc1F. The molecule has 3 amide bonds. The first-order chi connectivity index (χ1) is 18.0. The molecule has 3 aromatic rings. The number of carbonyl (C=O) groups excluding carboxylic acids is 2. The Morgan fingerprint density at radius 1 is 0.919 bits per heavy atom. The standard InChI is InChI=1S/C29H30FN3O4/c1-19-11-22(8-9-25(19)30)23-13-24(17-33(16-23)29(35)32-14-20-5-3-2-4-6-20)28(34)31-15-21-7-10-26-27(12-21)37-18-36-26/h2-12,23-24H,13-18H2,1H3,(H,31,34)(H,32,35). The van der Waals surface area contributed by atoms with E-state index in [4.69, 9.17) is 9.47 Å². The van der Waals surface area contributed by atoms with E-state index in [0.29, 0.717) is 49.7 Å². The number of amides is 3. The summed E-state index contributed by atoms with van der Waals surface area (Å²) in [7, 11) is 0. The number of halogens is 1. The maximum atomic E-state index is 13.9. The van der Waals surface area contributed by atoms with Crippen molar-refractivity contribution in [3.8, 4) is 11.5 Å². The highest BCUT2D eigenvalue weighted by atomic mass is 19.1. The smallest absolute Gasteiger partial charge is 0.317 e. The summed E-state index contributed by atoms with van der Waals surface area (Å²) in [5, 5.41) is 5.99. The van der Waals surface area contributed by atoms with Crippen molar-refractivity contribution in [1.82, 2.24) is 15.5 Å². The zero-order valence-electron chi connectivity index (χ0n) is 20.7. The number of ether oxygens (including phenoxy) is 2. The van der Waals surface area contributed by atoms with Crippen molar-refractivity contribution in [3.05, 3.63) is 94.8 Å². The zero-order valence-corrected chi connectivity index (χ0v) is 20.7. The molecule has 0 aromatic heterocycles. The Kier molecular flexibility index (Phi) is 7.25. The van der Waals surface area contributed by atoms with Crippen LogP contribution in [0.3, 0.4) is 0 Å². The van der Waals surface area contributed by atoms with Crippen molar-refractivity contribution in [2.75, 3.05) is 19.9 Å². The molecule has 2 heterocycles. The third kappa shape index (κ3) is 5.85. The lowest BCUT2D eigenvalue weighted by atomic mass is 9.83. The average molecular weight is 504 g/mol. The number of rotatable bonds is 6. The van der Waals surface area contributed by atoms with Crippen LogP contribution in [0.1, 0.15) is 34.6 Å². The van der Waals surface area contributed by atoms with Gasteiger partial charge in [-0.05, 0) is 53.8 Å². The third-order valence-electron chi connectivity index (χ3n) is 6.95. The number of likely N-dealkylation sites (tertiary alicyclic amines) is 1. The van der Waals surface area contributed by atoms with Gasteiger partial charge in [0.25, 0.3) is 0 Å². The summed E-state index contributed by atoms with van der Waals surface area (Å²) in [6.45, 7) is 3.42. The first-order valence-corrected chi connectivity index (χ1v) is 12.5. The quantitative estimate of drug-likeness (QED) is 0.519. The van der Waals surface area contributed by atoms with Gasteiger partial charge in [-0.15, -0.1) is 0 Å². The number of piperidine rings is 1. The summed E-state index contributed by atoms with van der Waals surface area (Å²) in [5.41, 5.74) is 3.37. The second-order valence-electron chi connectivity index (χ2n) is 9.59. The summed E-state index contributed by atoms with van der Waals surface area (Å²) >= 11 is 0. The van der Waals surface area contributed by atoms with E-state index in [1.807, 2.05) is 54.6 Å². The number of benzene rings is 3. The highest BCUT2D eigenvalue weighted by Gasteiger charge is 2.34. The molecule has 0 aliphatic carbocycles. The van der Waals surface area contributed by atoms with Gasteiger partial charge in [-0.1, -0.05) is 48.5 Å². The van der Waals surface area contributed by atoms with Crippen molar-refractivity contribution in [1.29, 1.82) is 0 Å². The maximum Gasteiger partial charge on any atom is 0.317 e. The van der Waals surface area contributed by atoms with Crippen molar-refractivity contribution in [2.24, 2.45) is 5.92 Å². The monoisotopic (exact) mass is 503 g/mol. The Labute approximate surface area is 215 Å². The molecule has 8 heteroatoms. The van der Waals surface area contributed by atoms with Crippen LogP contribution in [0.15, 0.2) is 66.7 Å². The number of hydrogen-bond acceptors (Lipinski definition) is 4. The summed E-state index contributed by atoms with van der Waals surface area (Å²) in [6, 6.07) is 20.1. The lowest BCUT2D eigenvalue weighted by Crippen LogP contribution is -2.50. The molecule has 2 aliphatic rings. The van der Waals surface area contributed by atoms with Crippen molar-refractivity contribution in [2.45, 2.75) is 32.4 Å². The summed E-state index contributed by atoms with van der Waals surface area (Å²) in [5.74, 6) is 0.476. The van der Waals surface area contributed by atoms with E-state index in [1.54, 1.807) is 17.9 Å². The second kappa shape index (κ2) is 10.9. The molecule has 0 bridgehead atoms. The number of urea groups is 1. The maximum absolute atomic E-state index is 13.9. The highest BCUT2D eigenvalue weighted by molar-refractivity contribution is 5.81. The minimum absolute atomic E-state index is 0.0863. The van der Waals surface area contributed by atoms with Crippen LogP contribution in [0.5, 0.6) is 11.5 Å². The molecular formula is C29H30FN3O4. The van der Waals surface area contributed by atoms with Gasteiger partial charge in [0.05, 0.1) is 5.92 Å². The highest BCUT2D eigenvalue weighted by Crippen LogP contribution is 2.33. The van der Waals surface area contributed by atoms with E-state index in [9.17, 15) is 14.0 Å². The van der Waals surface area contributed by atoms with Crippen LogP contribution in [-0.2, 0) is 17.9 Å². The Balaban J connectivity index is 1.28. The van der Waals surface area contributed by atoms with Crippen LogP contribution in [0.2, 0.25) is 0 Å². The van der Waals surface area contributed by atoms with Crippen LogP contribution >= 0.6 is 0 Å². The molecule has 7 nitrogen and oxygen atoms in total. The Hall–Kier alpha value is -4.07. The number of carbonyl (C=O) groups is 2. The average Bonchev–Trinajstić information content (AvgIpc) is 3.40. The molecule has 5 rings (SSSR count). The van der Waals surface area contributed by atoms with E-state index < -0.39 is 5.92 Å². The van der Waals surface area contributed by atoms with Gasteiger partial charge < -0.3 is 25.0 Å². The van der Waals surface area contributed by atoms with Gasteiger partial charge in [-0.2, -0.15) is 0 Å². The number of nitrogens with zero attached hydrogens (tertiary/aromatic N) is 1. The van der Waals surface area contributed by atoms with Crippen LogP contribution in [-0.4, -0.2) is 36.7 Å². The third-order valence-corrected chi connectivity index (χ3v) is 6.95. The first-order valence-electron chi connectivity index (χ1n) is 12.5. The van der Waals surface area contributed by atoms with Crippen molar-refractivity contribution >= 4 is 11.9 Å². The molecule has 0 radical (unpaired) electrons. The van der Waals surface area contributed by atoms with Crippen LogP contribution in [0.4, 0.5) is 9.18 Å². The van der Waals surface area contributed by atoms with Gasteiger partial charge in [-0.25, -0.2) is 9.18 Å². The van der Waals surface area contributed by atoms with E-state index in [-0.39, 0.29) is 30.5 Å². The van der Waals surface area contributed by atoms with Gasteiger partial charge >= 0.3 is 6.03 Å². The molecule has 1 fully saturated rings. The van der Waals surface area contributed by atoms with Crippen LogP contribution < -0.4 is 20.1 Å². The van der Waals surface area contributed by atoms with Gasteiger partial charge in [0.1, 0.15) is 5.82 Å². The van der Waals surface area contributed by atoms with E-state index >= 15 is 0 Å². The van der Waals surface area contributed by atoms with Crippen LogP contribution in [0.25, 0.3) is 0 Å². The zero-order chi connectivity index (χ0) is 25.8. The largest absolute Gasteiger partial charge is 0.454 e. The minimum Gasteiger partial charge on any atom is -0.454 e. The number of fused-ring (bicyclic) bond motifs is 1. The normalized spacial score (nSPS) is 18.4. The Morgan fingerprint density at radius 2 is 1.70 bits per heavy atom. The molecule has 37 heavy (non-hydrogen) atoms. The predicted molar refractivity (Wildman–Crippen MR) is 137 cm³/mol. The van der Waals surface area contributed by atoms with Crippen molar-refractivity contribution in [3.63, 3.8) is 0 Å². The van der Waals surface area contributed by atoms with E-state index in [2.05, 4.69) is 10.6 Å². The number of aryl methyl sites for hydroxylation is 1. The van der Waals surface area contributed by atoms with Gasteiger partial charge in [0, 0.05) is 32.1 Å². The molecule has 0 spiro atoms. The molecule has 2 unspecified atom stereocenters. The first kappa shape index (κ1) is 24.6. The molecule has 2 N–H and O–H groups in total. The topological polar surface area (TPSA) is 79.9 Å². The fraction of sp³-hybridized carbons (Fsp3) is 0.310. The molecule has 2 atom stereocenters. The fourth-order valence-electron chi connectivity index (χ4n) is 4.89. The summed E-state index contributed by atoms with van der Waals surface area (Å²) in [4.78, 5) is 28.1. The second-order valence-corrected chi connectivity index (χ2v) is 9.59. The molecule has 192 valence electrons. The Morgan fingerprint density at radius 3 is 2.51 bits per heavy atom. The molecular weight excluding hydrogens is 473 g/mol. The van der Waals surface area contributed by atoms with E-state index in [0.717, 1.165) is 16.7 Å². The molecule has 0 saturated carbocycles. The van der Waals surface area contributed by atoms with Gasteiger partial charge in [0.2, 0.25) is 12.7 Å². The van der Waals surface area contributed by atoms with Crippen molar-refractivity contribution < 1.29 is 23.5 Å². The fourth-order valence-corrected chi connectivity index (χ4v) is 4.89. The molecule has 2 aliphatic heterocycles. The lowest BCUT2D eigenvalue weighted by molar-refractivity contribution is -0.126. The van der Waals surface area contributed by atoms with E-state index in [1.165, 1.54) is 6.07 Å². The van der Waals surface area contributed by atoms with Gasteiger partial charge in [0.15, 0.2) is 11.5 Å². The number of hydrogen-bond donors (Lipinski definition) is 2. The van der Waals surface area contributed by atoms with Crippen LogP contribution in [0, 0.1) is 18.7 Å². The predicted octanol–water partition coefficient (Wildman–Crippen LogP) is 4.49.